The van der Waals surface area contributed by atoms with Crippen LogP contribution in [0.15, 0.2) is 9.42 Å². The van der Waals surface area contributed by atoms with Crippen molar-refractivity contribution in [2.24, 2.45) is 23.2 Å². The minimum Gasteiger partial charge on any atom is -0.473 e. The van der Waals surface area contributed by atoms with Crippen LogP contribution in [-0.4, -0.2) is 41.0 Å². The van der Waals surface area contributed by atoms with Crippen molar-refractivity contribution in [3.05, 3.63) is 5.76 Å². The van der Waals surface area contributed by atoms with Gasteiger partial charge in [0.05, 0.1) is 11.5 Å². The van der Waals surface area contributed by atoms with Crippen LogP contribution in [-0.2, 0) is 9.53 Å². The van der Waals surface area contributed by atoms with Gasteiger partial charge < -0.3 is 19.3 Å². The fourth-order valence-electron chi connectivity index (χ4n) is 5.77. The molecule has 2 atom stereocenters. The Kier molecular flexibility index (Phi) is 6.19. The Bertz CT molecular complexity index is 905. The van der Waals surface area contributed by atoms with E-state index in [9.17, 15) is 14.9 Å². The van der Waals surface area contributed by atoms with E-state index in [4.69, 9.17) is 14.0 Å². The molecule has 5 rings (SSSR count). The van der Waals surface area contributed by atoms with Gasteiger partial charge in [0.15, 0.2) is 0 Å². The Hall–Kier alpha value is -2.21. The highest BCUT2D eigenvalue weighted by molar-refractivity contribution is 8.00. The molecule has 4 fully saturated rings. The van der Waals surface area contributed by atoms with Gasteiger partial charge in [0.25, 0.3) is 18.3 Å². The van der Waals surface area contributed by atoms with E-state index in [1.807, 2.05) is 13.8 Å². The average Bonchev–Trinajstić information content (AvgIpc) is 3.10. The number of hydrogen-bond acceptors (Lipinski definition) is 8. The molecule has 0 aliphatic heterocycles. The fourth-order valence-corrected chi connectivity index (χ4v) is 6.68. The van der Waals surface area contributed by atoms with Gasteiger partial charge in [-0.3, -0.25) is 9.59 Å². The summed E-state index contributed by atoms with van der Waals surface area (Å²) in [4.78, 5) is 24.9. The monoisotopic (exact) mass is 461 g/mol. The first kappa shape index (κ1) is 23.0. The number of ether oxygens (including phenoxy) is 2. The number of amides is 1. The molecule has 9 heteroatoms. The van der Waals surface area contributed by atoms with Crippen LogP contribution in [0.1, 0.15) is 70.4 Å². The molecule has 4 bridgehead atoms. The summed E-state index contributed by atoms with van der Waals surface area (Å²) in [5.41, 5.74) is -1.03. The SMILES string of the molecule is CC(C)Sc1c(OCC(C)(C)C#N)noc1C(=O)N[C@H]1C2CC3CC1C[C@](OC=O)(C3)C2. The highest BCUT2D eigenvalue weighted by Gasteiger charge is 2.57. The summed E-state index contributed by atoms with van der Waals surface area (Å²) in [5.74, 6) is 1.25. The summed E-state index contributed by atoms with van der Waals surface area (Å²) >= 11 is 1.46. The fraction of sp³-hybridized carbons (Fsp3) is 0.739. The molecule has 32 heavy (non-hydrogen) atoms. The molecule has 0 saturated heterocycles. The maximum Gasteiger partial charge on any atom is 0.293 e. The maximum absolute atomic E-state index is 13.3. The van der Waals surface area contributed by atoms with Gasteiger partial charge >= 0.3 is 0 Å². The van der Waals surface area contributed by atoms with Gasteiger partial charge in [-0.1, -0.05) is 13.8 Å². The number of thioether (sulfide) groups is 1. The van der Waals surface area contributed by atoms with Crippen LogP contribution < -0.4 is 10.1 Å². The van der Waals surface area contributed by atoms with Crippen LogP contribution >= 0.6 is 11.8 Å². The van der Waals surface area contributed by atoms with Gasteiger partial charge in [0.1, 0.15) is 17.1 Å². The second-order valence-corrected chi connectivity index (χ2v) is 12.0. The molecule has 2 unspecified atom stereocenters. The van der Waals surface area contributed by atoms with E-state index < -0.39 is 5.41 Å². The zero-order chi connectivity index (χ0) is 23.1. The van der Waals surface area contributed by atoms with E-state index in [1.165, 1.54) is 11.8 Å². The van der Waals surface area contributed by atoms with Gasteiger partial charge in [-0.05, 0) is 68.9 Å². The highest BCUT2D eigenvalue weighted by Crippen LogP contribution is 2.57. The summed E-state index contributed by atoms with van der Waals surface area (Å²) < 4.78 is 16.8. The third-order valence-electron chi connectivity index (χ3n) is 6.87. The van der Waals surface area contributed by atoms with Gasteiger partial charge in [-0.25, -0.2) is 0 Å². The molecule has 4 aliphatic carbocycles. The van der Waals surface area contributed by atoms with Crippen molar-refractivity contribution in [1.29, 1.82) is 5.26 Å². The Balaban J connectivity index is 1.50. The molecule has 0 radical (unpaired) electrons. The molecular weight excluding hydrogens is 430 g/mol. The number of aromatic nitrogens is 1. The second kappa shape index (κ2) is 8.62. The Morgan fingerprint density at radius 2 is 2.06 bits per heavy atom. The van der Waals surface area contributed by atoms with Gasteiger partial charge in [-0.15, -0.1) is 11.8 Å². The van der Waals surface area contributed by atoms with Crippen LogP contribution in [0.25, 0.3) is 0 Å². The molecule has 8 nitrogen and oxygen atoms in total. The molecule has 4 saturated carbocycles. The Morgan fingerprint density at radius 1 is 1.38 bits per heavy atom. The number of carbonyl (C=O) groups excluding carboxylic acids is 2. The molecule has 0 spiro atoms. The predicted molar refractivity (Wildman–Crippen MR) is 117 cm³/mol. The standard InChI is InChI=1S/C23H31N3O5S/c1-13(2)32-19-18(31-26-21(19)29-11-22(3,4)10-24)20(28)25-17-15-5-14-6-16(17)9-23(7-14,8-15)30-12-27/h12-17H,5-9,11H2,1-4H3,(H,25,28)/t14?,15?,16?,17-,23-. The predicted octanol–water partition coefficient (Wildman–Crippen LogP) is 3.95. The zero-order valence-corrected chi connectivity index (χ0v) is 19.9. The largest absolute Gasteiger partial charge is 0.473 e. The van der Waals surface area contributed by atoms with E-state index in [1.54, 1.807) is 13.8 Å². The number of rotatable bonds is 9. The molecule has 4 aliphatic rings. The average molecular weight is 462 g/mol. The molecule has 1 aromatic rings. The van der Waals surface area contributed by atoms with Crippen molar-refractivity contribution in [1.82, 2.24) is 10.5 Å². The first-order chi connectivity index (χ1) is 15.1. The van der Waals surface area contributed by atoms with Crippen molar-refractivity contribution in [3.8, 4) is 11.9 Å². The van der Waals surface area contributed by atoms with Crippen LogP contribution in [0.2, 0.25) is 0 Å². The molecule has 1 N–H and O–H groups in total. The summed E-state index contributed by atoms with van der Waals surface area (Å²) in [6, 6.07) is 2.23. The molecule has 1 heterocycles. The quantitative estimate of drug-likeness (QED) is 0.434. The lowest BCUT2D eigenvalue weighted by Crippen LogP contribution is -2.62. The van der Waals surface area contributed by atoms with E-state index in [0.717, 1.165) is 32.1 Å². The number of carbonyl (C=O) groups is 2. The maximum atomic E-state index is 13.3. The summed E-state index contributed by atoms with van der Waals surface area (Å²) in [7, 11) is 0. The zero-order valence-electron chi connectivity index (χ0n) is 19.1. The topological polar surface area (TPSA) is 114 Å². The van der Waals surface area contributed by atoms with Crippen molar-refractivity contribution in [2.45, 2.75) is 81.6 Å². The van der Waals surface area contributed by atoms with E-state index >= 15 is 0 Å². The first-order valence-corrected chi connectivity index (χ1v) is 12.2. The summed E-state index contributed by atoms with van der Waals surface area (Å²) in [5, 5.41) is 16.6. The van der Waals surface area contributed by atoms with Crippen molar-refractivity contribution in [3.63, 3.8) is 0 Å². The lowest BCUT2D eigenvalue weighted by atomic mass is 9.52. The van der Waals surface area contributed by atoms with E-state index in [-0.39, 0.29) is 41.0 Å². The molecule has 174 valence electrons. The van der Waals surface area contributed by atoms with Crippen molar-refractivity contribution in [2.75, 3.05) is 6.61 Å². The lowest BCUT2D eigenvalue weighted by Gasteiger charge is -2.58. The summed E-state index contributed by atoms with van der Waals surface area (Å²) in [6.07, 6.45) is 4.63. The van der Waals surface area contributed by atoms with Gasteiger partial charge in [0, 0.05) is 11.3 Å². The van der Waals surface area contributed by atoms with Crippen LogP contribution in [0.5, 0.6) is 5.88 Å². The van der Waals surface area contributed by atoms with Crippen molar-refractivity contribution < 1.29 is 23.6 Å². The smallest absolute Gasteiger partial charge is 0.293 e. The Labute approximate surface area is 192 Å². The minimum atomic E-state index is -0.679. The van der Waals surface area contributed by atoms with Crippen LogP contribution in [0, 0.1) is 34.5 Å². The van der Waals surface area contributed by atoms with E-state index in [0.29, 0.717) is 29.1 Å². The number of nitriles is 1. The van der Waals surface area contributed by atoms with Gasteiger partial charge in [-0.2, -0.15) is 5.26 Å². The Morgan fingerprint density at radius 3 is 2.66 bits per heavy atom. The molecule has 1 aromatic heterocycles. The normalized spacial score (nSPS) is 30.8. The van der Waals surface area contributed by atoms with E-state index in [2.05, 4.69) is 16.5 Å². The van der Waals surface area contributed by atoms with Crippen LogP contribution in [0.3, 0.4) is 0 Å². The van der Waals surface area contributed by atoms with Crippen molar-refractivity contribution >= 4 is 24.1 Å². The first-order valence-electron chi connectivity index (χ1n) is 11.3. The number of hydrogen-bond donors (Lipinski definition) is 1. The third-order valence-corrected chi connectivity index (χ3v) is 7.93. The molecule has 1 amide bonds. The second-order valence-electron chi connectivity index (χ2n) is 10.5. The number of nitrogens with zero attached hydrogens (tertiary/aromatic N) is 2. The number of nitrogens with one attached hydrogen (secondary N) is 1. The van der Waals surface area contributed by atoms with Crippen LogP contribution in [0.4, 0.5) is 0 Å². The summed E-state index contributed by atoms with van der Waals surface area (Å²) in [6.45, 7) is 8.34. The lowest BCUT2D eigenvalue weighted by molar-refractivity contribution is -0.177. The third kappa shape index (κ3) is 4.47. The highest BCUT2D eigenvalue weighted by atomic mass is 32.2. The molecule has 0 aromatic carbocycles. The molecular formula is C23H31N3O5S. The van der Waals surface area contributed by atoms with Gasteiger partial charge in [0.2, 0.25) is 5.76 Å². The minimum absolute atomic E-state index is 0.0336.